The van der Waals surface area contributed by atoms with Gasteiger partial charge in [0.15, 0.2) is 0 Å². The van der Waals surface area contributed by atoms with E-state index in [4.69, 9.17) is 4.74 Å². The van der Waals surface area contributed by atoms with Gasteiger partial charge in [0.1, 0.15) is 5.60 Å². The molecule has 0 amide bonds. The monoisotopic (exact) mass is 222 g/mol. The smallest absolute Gasteiger partial charge is 0.331 e. The van der Waals surface area contributed by atoms with Gasteiger partial charge >= 0.3 is 5.97 Å². The Bertz CT molecular complexity index is 296. The maximum atomic E-state index is 11.2. The lowest BCUT2D eigenvalue weighted by Crippen LogP contribution is -2.23. The largest absolute Gasteiger partial charge is 0.452 e. The Hall–Kier alpha value is -0.790. The predicted molar refractivity (Wildman–Crippen MR) is 64.1 cm³/mol. The third kappa shape index (κ3) is 2.66. The molecule has 16 heavy (non-hydrogen) atoms. The number of ether oxygens (including phenoxy) is 1. The van der Waals surface area contributed by atoms with E-state index < -0.39 is 0 Å². The molecule has 2 rings (SSSR count). The van der Waals surface area contributed by atoms with Gasteiger partial charge < -0.3 is 4.74 Å². The number of carbonyl (C=O) groups is 1. The quantitative estimate of drug-likeness (QED) is 0.682. The summed E-state index contributed by atoms with van der Waals surface area (Å²) in [5.41, 5.74) is 0.828. The molecule has 0 radical (unpaired) electrons. The fourth-order valence-electron chi connectivity index (χ4n) is 2.87. The van der Waals surface area contributed by atoms with Gasteiger partial charge in [-0.25, -0.2) is 4.79 Å². The Labute approximate surface area is 98.1 Å². The molecule has 0 atom stereocenters. The van der Waals surface area contributed by atoms with Gasteiger partial charge in [-0.15, -0.1) is 0 Å². The number of esters is 1. The van der Waals surface area contributed by atoms with E-state index >= 15 is 0 Å². The summed E-state index contributed by atoms with van der Waals surface area (Å²) in [6, 6.07) is 0. The van der Waals surface area contributed by atoms with Crippen molar-refractivity contribution in [1.82, 2.24) is 0 Å². The fraction of sp³-hybridized carbons (Fsp3) is 0.786. The van der Waals surface area contributed by atoms with E-state index in [0.29, 0.717) is 0 Å². The van der Waals surface area contributed by atoms with E-state index in [0.717, 1.165) is 12.3 Å². The molecule has 0 aromatic carbocycles. The molecule has 1 aliphatic heterocycles. The molecule has 0 N–H and O–H groups in total. The van der Waals surface area contributed by atoms with Crippen LogP contribution in [0.3, 0.4) is 0 Å². The molecule has 2 aliphatic rings. The maximum Gasteiger partial charge on any atom is 0.331 e. The molecular formula is C14H22O2. The van der Waals surface area contributed by atoms with E-state index in [1.165, 1.54) is 44.1 Å². The zero-order valence-corrected chi connectivity index (χ0v) is 10.4. The number of hydrogen-bond donors (Lipinski definition) is 0. The van der Waals surface area contributed by atoms with Crippen LogP contribution < -0.4 is 0 Å². The van der Waals surface area contributed by atoms with Crippen LogP contribution >= 0.6 is 0 Å². The Kier molecular flexibility index (Phi) is 3.36. The standard InChI is InChI=1S/C14H22O2/c1-14(2)12(10-13(15)16-14)9-8-11-6-4-3-5-7-11/h10-11H,3-9H2,1-2H3. The summed E-state index contributed by atoms with van der Waals surface area (Å²) in [7, 11) is 0. The van der Waals surface area contributed by atoms with Crippen LogP contribution in [0, 0.1) is 5.92 Å². The van der Waals surface area contributed by atoms with Crippen molar-refractivity contribution in [3.63, 3.8) is 0 Å². The van der Waals surface area contributed by atoms with Crippen molar-refractivity contribution in [1.29, 1.82) is 0 Å². The fourth-order valence-corrected chi connectivity index (χ4v) is 2.87. The van der Waals surface area contributed by atoms with Gasteiger partial charge in [-0.1, -0.05) is 32.1 Å². The zero-order valence-electron chi connectivity index (χ0n) is 10.4. The van der Waals surface area contributed by atoms with E-state index in [-0.39, 0.29) is 11.6 Å². The first kappa shape index (κ1) is 11.7. The van der Waals surface area contributed by atoms with Crippen molar-refractivity contribution in [2.75, 3.05) is 0 Å². The second-order valence-electron chi connectivity index (χ2n) is 5.64. The Morgan fingerprint density at radius 3 is 2.56 bits per heavy atom. The van der Waals surface area contributed by atoms with Crippen molar-refractivity contribution in [2.45, 2.75) is 64.4 Å². The normalized spacial score (nSPS) is 25.4. The molecule has 0 bridgehead atoms. The molecule has 2 nitrogen and oxygen atoms in total. The molecule has 0 aromatic heterocycles. The summed E-state index contributed by atoms with van der Waals surface area (Å²) in [6.45, 7) is 3.98. The van der Waals surface area contributed by atoms with Crippen LogP contribution in [0.4, 0.5) is 0 Å². The van der Waals surface area contributed by atoms with Crippen LogP contribution in [0.1, 0.15) is 58.8 Å². The van der Waals surface area contributed by atoms with E-state index in [1.807, 2.05) is 13.8 Å². The molecule has 0 saturated heterocycles. The van der Waals surface area contributed by atoms with Crippen LogP contribution in [-0.2, 0) is 9.53 Å². The SMILES string of the molecule is CC1(C)OC(=O)C=C1CCC1CCCCC1. The minimum atomic E-state index is -0.355. The van der Waals surface area contributed by atoms with E-state index in [1.54, 1.807) is 6.08 Å². The topological polar surface area (TPSA) is 26.3 Å². The minimum Gasteiger partial charge on any atom is -0.452 e. The molecule has 0 unspecified atom stereocenters. The Balaban J connectivity index is 1.85. The summed E-state index contributed by atoms with van der Waals surface area (Å²) in [4.78, 5) is 11.2. The summed E-state index contributed by atoms with van der Waals surface area (Å²) in [5.74, 6) is 0.713. The van der Waals surface area contributed by atoms with Crippen LogP contribution in [0.15, 0.2) is 11.6 Å². The average Bonchev–Trinajstić information content (AvgIpc) is 2.50. The van der Waals surface area contributed by atoms with Crippen molar-refractivity contribution in [2.24, 2.45) is 5.92 Å². The van der Waals surface area contributed by atoms with Crippen molar-refractivity contribution in [3.05, 3.63) is 11.6 Å². The van der Waals surface area contributed by atoms with Crippen molar-refractivity contribution < 1.29 is 9.53 Å². The molecule has 1 heterocycles. The van der Waals surface area contributed by atoms with Gasteiger partial charge in [-0.05, 0) is 38.2 Å². The summed E-state index contributed by atoms with van der Waals surface area (Å²) in [5, 5.41) is 0. The second kappa shape index (κ2) is 4.60. The lowest BCUT2D eigenvalue weighted by Gasteiger charge is -2.25. The van der Waals surface area contributed by atoms with Crippen LogP contribution in [0.2, 0.25) is 0 Å². The summed E-state index contributed by atoms with van der Waals surface area (Å²) in [6.07, 6.45) is 10.9. The Morgan fingerprint density at radius 1 is 1.31 bits per heavy atom. The zero-order chi connectivity index (χ0) is 11.6. The third-order valence-corrected chi connectivity index (χ3v) is 3.97. The lowest BCUT2D eigenvalue weighted by molar-refractivity contribution is -0.143. The predicted octanol–water partition coefficient (Wildman–Crippen LogP) is 3.61. The molecular weight excluding hydrogens is 200 g/mol. The summed E-state index contributed by atoms with van der Waals surface area (Å²) >= 11 is 0. The molecule has 0 aromatic rings. The first-order valence-electron chi connectivity index (χ1n) is 6.52. The van der Waals surface area contributed by atoms with Crippen molar-refractivity contribution in [3.8, 4) is 0 Å². The highest BCUT2D eigenvalue weighted by molar-refractivity contribution is 5.86. The van der Waals surface area contributed by atoms with Crippen LogP contribution in [-0.4, -0.2) is 11.6 Å². The average molecular weight is 222 g/mol. The molecule has 1 saturated carbocycles. The van der Waals surface area contributed by atoms with E-state index in [9.17, 15) is 4.79 Å². The van der Waals surface area contributed by atoms with Crippen molar-refractivity contribution >= 4 is 5.97 Å². The second-order valence-corrected chi connectivity index (χ2v) is 5.64. The number of cyclic esters (lactones) is 1. The highest BCUT2D eigenvalue weighted by Gasteiger charge is 2.33. The van der Waals surface area contributed by atoms with Gasteiger partial charge in [0.05, 0.1) is 0 Å². The molecule has 1 fully saturated rings. The number of carbonyl (C=O) groups excluding carboxylic acids is 1. The maximum absolute atomic E-state index is 11.2. The van der Waals surface area contributed by atoms with Gasteiger partial charge in [0, 0.05) is 6.08 Å². The van der Waals surface area contributed by atoms with Gasteiger partial charge in [0.25, 0.3) is 0 Å². The minimum absolute atomic E-state index is 0.163. The third-order valence-electron chi connectivity index (χ3n) is 3.97. The molecule has 2 heteroatoms. The molecule has 0 spiro atoms. The van der Waals surface area contributed by atoms with Gasteiger partial charge in [0.2, 0.25) is 0 Å². The summed E-state index contributed by atoms with van der Waals surface area (Å²) < 4.78 is 5.27. The lowest BCUT2D eigenvalue weighted by atomic mass is 9.83. The number of rotatable bonds is 3. The van der Waals surface area contributed by atoms with Gasteiger partial charge in [-0.2, -0.15) is 0 Å². The highest BCUT2D eigenvalue weighted by atomic mass is 16.6. The molecule has 1 aliphatic carbocycles. The first-order valence-corrected chi connectivity index (χ1v) is 6.52. The van der Waals surface area contributed by atoms with Crippen LogP contribution in [0.5, 0.6) is 0 Å². The Morgan fingerprint density at radius 2 is 2.00 bits per heavy atom. The highest BCUT2D eigenvalue weighted by Crippen LogP contribution is 2.34. The van der Waals surface area contributed by atoms with Crippen LogP contribution in [0.25, 0.3) is 0 Å². The van der Waals surface area contributed by atoms with Gasteiger partial charge in [-0.3, -0.25) is 0 Å². The van der Waals surface area contributed by atoms with E-state index in [2.05, 4.69) is 0 Å². The number of hydrogen-bond acceptors (Lipinski definition) is 2. The molecule has 90 valence electrons. The first-order chi connectivity index (χ1) is 7.58.